The number of carboxylic acids is 1. The third-order valence-corrected chi connectivity index (χ3v) is 4.97. The molecule has 2 rings (SSSR count). The number of hydrogen-bond donors (Lipinski definition) is 2. The van der Waals surface area contributed by atoms with Crippen LogP contribution < -0.4 is 5.32 Å². The average molecular weight is 419 g/mol. The molecule has 0 saturated heterocycles. The summed E-state index contributed by atoms with van der Waals surface area (Å²) in [4.78, 5) is 23.2. The lowest BCUT2D eigenvalue weighted by atomic mass is 10.1. The minimum absolute atomic E-state index is 0.174. The van der Waals surface area contributed by atoms with E-state index in [1.54, 1.807) is 25.1 Å². The summed E-state index contributed by atoms with van der Waals surface area (Å²) in [6.07, 6.45) is 0. The van der Waals surface area contributed by atoms with Gasteiger partial charge in [0.2, 0.25) is 0 Å². The quantitative estimate of drug-likeness (QED) is 0.769. The third kappa shape index (κ3) is 3.28. The zero-order valence-electron chi connectivity index (χ0n) is 10.2. The molecule has 1 aromatic heterocycles. The standard InChI is InChI=1S/C13H9Br2NO3S/c1-6-2-3-7(4-8(6)13(18)19)16-12(17)9-5-10(14)20-11(9)15/h2-5H,1H3,(H,16,17)(H,18,19). The molecule has 0 aliphatic heterocycles. The van der Waals surface area contributed by atoms with E-state index in [1.807, 2.05) is 0 Å². The summed E-state index contributed by atoms with van der Waals surface area (Å²) in [6.45, 7) is 1.71. The van der Waals surface area contributed by atoms with Crippen LogP contribution >= 0.6 is 43.2 Å². The average Bonchev–Trinajstić information content (AvgIpc) is 2.70. The highest BCUT2D eigenvalue weighted by molar-refractivity contribution is 9.12. The van der Waals surface area contributed by atoms with Gasteiger partial charge < -0.3 is 10.4 Å². The Labute approximate surface area is 136 Å². The molecule has 4 nitrogen and oxygen atoms in total. The van der Waals surface area contributed by atoms with Crippen LogP contribution in [0.3, 0.4) is 0 Å². The first-order valence-electron chi connectivity index (χ1n) is 5.48. The van der Waals surface area contributed by atoms with Gasteiger partial charge in [-0.15, -0.1) is 11.3 Å². The lowest BCUT2D eigenvalue weighted by molar-refractivity contribution is 0.0695. The first-order valence-corrected chi connectivity index (χ1v) is 7.89. The van der Waals surface area contributed by atoms with Gasteiger partial charge in [0.1, 0.15) is 0 Å². The molecule has 0 aliphatic carbocycles. The predicted octanol–water partition coefficient (Wildman–Crippen LogP) is 4.53. The number of halogens is 2. The molecule has 104 valence electrons. The Morgan fingerprint density at radius 2 is 1.90 bits per heavy atom. The largest absolute Gasteiger partial charge is 0.478 e. The first-order chi connectivity index (χ1) is 9.38. The zero-order valence-corrected chi connectivity index (χ0v) is 14.2. The van der Waals surface area contributed by atoms with Crippen LogP contribution in [0.2, 0.25) is 0 Å². The maximum Gasteiger partial charge on any atom is 0.336 e. The predicted molar refractivity (Wildman–Crippen MR) is 85.8 cm³/mol. The van der Waals surface area contributed by atoms with Crippen LogP contribution in [0.5, 0.6) is 0 Å². The summed E-state index contributed by atoms with van der Waals surface area (Å²) in [5.74, 6) is -1.31. The van der Waals surface area contributed by atoms with Crippen molar-refractivity contribution in [3.05, 3.63) is 48.5 Å². The molecule has 0 aliphatic rings. The van der Waals surface area contributed by atoms with E-state index in [-0.39, 0.29) is 11.5 Å². The SMILES string of the molecule is Cc1ccc(NC(=O)c2cc(Br)sc2Br)cc1C(=O)O. The molecular weight excluding hydrogens is 410 g/mol. The molecule has 0 radical (unpaired) electrons. The van der Waals surface area contributed by atoms with Gasteiger partial charge in [0.25, 0.3) is 5.91 Å². The summed E-state index contributed by atoms with van der Waals surface area (Å²) >= 11 is 8.02. The van der Waals surface area contributed by atoms with Crippen molar-refractivity contribution in [1.29, 1.82) is 0 Å². The topological polar surface area (TPSA) is 66.4 Å². The zero-order chi connectivity index (χ0) is 14.9. The number of aryl methyl sites for hydroxylation is 1. The Kier molecular flexibility index (Phi) is 4.62. The van der Waals surface area contributed by atoms with Crippen LogP contribution in [-0.4, -0.2) is 17.0 Å². The molecule has 1 heterocycles. The number of amides is 1. The molecule has 7 heteroatoms. The molecule has 0 unspecified atom stereocenters. The Bertz CT molecular complexity index is 697. The summed E-state index contributed by atoms with van der Waals surface area (Å²) in [5, 5.41) is 11.8. The number of carbonyl (C=O) groups is 2. The van der Waals surface area contributed by atoms with Gasteiger partial charge in [0, 0.05) is 5.69 Å². The van der Waals surface area contributed by atoms with Crippen LogP contribution in [0.1, 0.15) is 26.3 Å². The van der Waals surface area contributed by atoms with E-state index in [1.165, 1.54) is 17.4 Å². The Morgan fingerprint density at radius 1 is 1.20 bits per heavy atom. The van der Waals surface area contributed by atoms with Crippen molar-refractivity contribution >= 4 is 60.8 Å². The van der Waals surface area contributed by atoms with Crippen LogP contribution in [0, 0.1) is 6.92 Å². The molecule has 0 fully saturated rings. The second kappa shape index (κ2) is 6.07. The fourth-order valence-electron chi connectivity index (χ4n) is 1.62. The second-order valence-electron chi connectivity index (χ2n) is 4.03. The van der Waals surface area contributed by atoms with Crippen LogP contribution in [0.4, 0.5) is 5.69 Å². The normalized spacial score (nSPS) is 10.3. The summed E-state index contributed by atoms with van der Waals surface area (Å²) in [6, 6.07) is 6.49. The van der Waals surface area contributed by atoms with Gasteiger partial charge in [0.15, 0.2) is 0 Å². The van der Waals surface area contributed by atoms with Crippen molar-refractivity contribution in [2.45, 2.75) is 6.92 Å². The molecule has 0 bridgehead atoms. The van der Waals surface area contributed by atoms with E-state index in [0.717, 1.165) is 3.79 Å². The fraction of sp³-hybridized carbons (Fsp3) is 0.0769. The monoisotopic (exact) mass is 417 g/mol. The van der Waals surface area contributed by atoms with E-state index in [0.29, 0.717) is 20.6 Å². The van der Waals surface area contributed by atoms with Crippen molar-refractivity contribution in [3.8, 4) is 0 Å². The van der Waals surface area contributed by atoms with E-state index in [9.17, 15) is 9.59 Å². The maximum absolute atomic E-state index is 12.1. The van der Waals surface area contributed by atoms with E-state index in [4.69, 9.17) is 5.11 Å². The van der Waals surface area contributed by atoms with Gasteiger partial charge in [-0.1, -0.05) is 6.07 Å². The number of benzene rings is 1. The molecule has 1 amide bonds. The van der Waals surface area contributed by atoms with Gasteiger partial charge in [-0.05, 0) is 62.5 Å². The van der Waals surface area contributed by atoms with Crippen molar-refractivity contribution in [2.24, 2.45) is 0 Å². The van der Waals surface area contributed by atoms with E-state index in [2.05, 4.69) is 37.2 Å². The lowest BCUT2D eigenvalue weighted by Gasteiger charge is -2.07. The molecule has 20 heavy (non-hydrogen) atoms. The van der Waals surface area contributed by atoms with Gasteiger partial charge in [0.05, 0.1) is 18.7 Å². The van der Waals surface area contributed by atoms with Crippen LogP contribution in [-0.2, 0) is 0 Å². The molecular formula is C13H9Br2NO3S. The number of hydrogen-bond acceptors (Lipinski definition) is 3. The first kappa shape index (κ1) is 15.2. The molecule has 0 saturated carbocycles. The Morgan fingerprint density at radius 3 is 2.45 bits per heavy atom. The highest BCUT2D eigenvalue weighted by atomic mass is 79.9. The number of carbonyl (C=O) groups excluding carboxylic acids is 1. The fourth-order valence-corrected chi connectivity index (χ4v) is 4.42. The van der Waals surface area contributed by atoms with Crippen molar-refractivity contribution < 1.29 is 14.7 Å². The number of nitrogens with one attached hydrogen (secondary N) is 1. The minimum Gasteiger partial charge on any atom is -0.478 e. The van der Waals surface area contributed by atoms with Crippen LogP contribution in [0.15, 0.2) is 31.8 Å². The van der Waals surface area contributed by atoms with Gasteiger partial charge >= 0.3 is 5.97 Å². The van der Waals surface area contributed by atoms with Crippen LogP contribution in [0.25, 0.3) is 0 Å². The van der Waals surface area contributed by atoms with Gasteiger partial charge in [-0.3, -0.25) is 4.79 Å². The maximum atomic E-state index is 12.1. The molecule has 2 aromatic rings. The summed E-state index contributed by atoms with van der Waals surface area (Å²) < 4.78 is 1.55. The number of carboxylic acid groups (broad SMARTS) is 1. The highest BCUT2D eigenvalue weighted by Crippen LogP contribution is 2.32. The molecule has 0 spiro atoms. The van der Waals surface area contributed by atoms with Gasteiger partial charge in [-0.25, -0.2) is 4.79 Å². The number of rotatable bonds is 3. The van der Waals surface area contributed by atoms with Crippen molar-refractivity contribution in [3.63, 3.8) is 0 Å². The van der Waals surface area contributed by atoms with Crippen molar-refractivity contribution in [1.82, 2.24) is 0 Å². The van der Waals surface area contributed by atoms with E-state index >= 15 is 0 Å². The summed E-state index contributed by atoms with van der Waals surface area (Å²) in [7, 11) is 0. The number of aromatic carboxylic acids is 1. The molecule has 1 aromatic carbocycles. The second-order valence-corrected chi connectivity index (χ2v) is 7.78. The Hall–Kier alpha value is -1.18. The van der Waals surface area contributed by atoms with Gasteiger partial charge in [-0.2, -0.15) is 0 Å². The minimum atomic E-state index is -1.02. The molecule has 0 atom stereocenters. The molecule has 2 N–H and O–H groups in total. The lowest BCUT2D eigenvalue weighted by Crippen LogP contribution is -2.12. The van der Waals surface area contributed by atoms with Crippen molar-refractivity contribution in [2.75, 3.05) is 5.32 Å². The highest BCUT2D eigenvalue weighted by Gasteiger charge is 2.15. The smallest absolute Gasteiger partial charge is 0.336 e. The summed E-state index contributed by atoms with van der Waals surface area (Å²) in [5.41, 5.74) is 1.77. The van der Waals surface area contributed by atoms with E-state index < -0.39 is 5.97 Å². The number of thiophene rings is 1. The Balaban J connectivity index is 2.26. The third-order valence-electron chi connectivity index (χ3n) is 2.63. The number of anilines is 1.